The fourth-order valence-electron chi connectivity index (χ4n) is 2.11. The fourth-order valence-corrected chi connectivity index (χ4v) is 2.11. The van der Waals surface area contributed by atoms with E-state index in [2.05, 4.69) is 25.8 Å². The zero-order valence-electron chi connectivity index (χ0n) is 12.8. The van der Waals surface area contributed by atoms with E-state index in [0.29, 0.717) is 11.5 Å². The lowest BCUT2D eigenvalue weighted by molar-refractivity contribution is 0.631. The number of anilines is 4. The first-order valence-corrected chi connectivity index (χ1v) is 7.17. The number of benzene rings is 2. The van der Waals surface area contributed by atoms with E-state index in [1.807, 2.05) is 32.0 Å². The zero-order valence-corrected chi connectivity index (χ0v) is 12.8. The first kappa shape index (κ1) is 14.9. The second-order valence-electron chi connectivity index (χ2n) is 5.21. The van der Waals surface area contributed by atoms with Crippen molar-refractivity contribution in [1.82, 2.24) is 15.2 Å². The van der Waals surface area contributed by atoms with E-state index in [4.69, 9.17) is 0 Å². The Morgan fingerprint density at radius 1 is 0.957 bits per heavy atom. The van der Waals surface area contributed by atoms with Crippen molar-refractivity contribution in [2.24, 2.45) is 0 Å². The van der Waals surface area contributed by atoms with Gasteiger partial charge in [-0.3, -0.25) is 0 Å². The summed E-state index contributed by atoms with van der Waals surface area (Å²) in [6.45, 7) is 4.03. The van der Waals surface area contributed by atoms with Crippen LogP contribution in [0, 0.1) is 19.7 Å². The molecule has 0 aliphatic carbocycles. The Balaban J connectivity index is 1.83. The number of hydrogen-bond acceptors (Lipinski definition) is 5. The molecular weight excluding hydrogens is 293 g/mol. The molecular formula is C17H16FN5. The molecule has 0 aliphatic rings. The van der Waals surface area contributed by atoms with Crippen LogP contribution in [0.25, 0.3) is 0 Å². The van der Waals surface area contributed by atoms with E-state index < -0.39 is 0 Å². The zero-order chi connectivity index (χ0) is 16.2. The highest BCUT2D eigenvalue weighted by atomic mass is 19.1. The van der Waals surface area contributed by atoms with Gasteiger partial charge in [-0.2, -0.15) is 10.1 Å². The lowest BCUT2D eigenvalue weighted by Crippen LogP contribution is -2.04. The summed E-state index contributed by atoms with van der Waals surface area (Å²) in [5.74, 6) is 0.391. The molecule has 1 heterocycles. The molecule has 0 saturated heterocycles. The minimum Gasteiger partial charge on any atom is -0.339 e. The SMILES string of the molecule is Cc1ccc(C)c(Nc2cnnc(Nc3ccccc3F)n2)c1. The van der Waals surface area contributed by atoms with Gasteiger partial charge in [0.2, 0.25) is 5.95 Å². The lowest BCUT2D eigenvalue weighted by Gasteiger charge is -2.10. The predicted octanol–water partition coefficient (Wildman–Crippen LogP) is 4.11. The number of halogens is 1. The minimum atomic E-state index is -0.371. The minimum absolute atomic E-state index is 0.227. The van der Waals surface area contributed by atoms with Gasteiger partial charge in [-0.15, -0.1) is 5.10 Å². The van der Waals surface area contributed by atoms with E-state index in [1.165, 1.54) is 12.3 Å². The lowest BCUT2D eigenvalue weighted by atomic mass is 10.1. The van der Waals surface area contributed by atoms with Crippen LogP contribution in [0.2, 0.25) is 0 Å². The predicted molar refractivity (Wildman–Crippen MR) is 88.7 cm³/mol. The summed E-state index contributed by atoms with van der Waals surface area (Å²) in [6, 6.07) is 12.4. The molecule has 5 nitrogen and oxygen atoms in total. The van der Waals surface area contributed by atoms with Crippen molar-refractivity contribution < 1.29 is 4.39 Å². The molecule has 3 rings (SSSR count). The molecule has 0 unspecified atom stereocenters. The van der Waals surface area contributed by atoms with Gasteiger partial charge in [0.1, 0.15) is 5.82 Å². The van der Waals surface area contributed by atoms with Crippen molar-refractivity contribution in [3.63, 3.8) is 0 Å². The maximum atomic E-state index is 13.7. The molecule has 0 spiro atoms. The maximum absolute atomic E-state index is 13.7. The van der Waals surface area contributed by atoms with Gasteiger partial charge in [0.15, 0.2) is 5.82 Å². The largest absolute Gasteiger partial charge is 0.339 e. The summed E-state index contributed by atoms with van der Waals surface area (Å²) in [7, 11) is 0. The molecule has 2 N–H and O–H groups in total. The molecule has 1 aromatic heterocycles. The van der Waals surface area contributed by atoms with Gasteiger partial charge in [-0.05, 0) is 43.2 Å². The molecule has 23 heavy (non-hydrogen) atoms. The first-order valence-electron chi connectivity index (χ1n) is 7.17. The average Bonchev–Trinajstić information content (AvgIpc) is 2.54. The van der Waals surface area contributed by atoms with Gasteiger partial charge in [0.25, 0.3) is 0 Å². The summed E-state index contributed by atoms with van der Waals surface area (Å²) in [5.41, 5.74) is 3.49. The third-order valence-corrected chi connectivity index (χ3v) is 3.33. The molecule has 116 valence electrons. The maximum Gasteiger partial charge on any atom is 0.249 e. The first-order chi connectivity index (χ1) is 11.1. The van der Waals surface area contributed by atoms with Crippen LogP contribution in [0.4, 0.5) is 27.5 Å². The third kappa shape index (κ3) is 3.60. The quantitative estimate of drug-likeness (QED) is 0.759. The van der Waals surface area contributed by atoms with Gasteiger partial charge in [0.05, 0.1) is 11.9 Å². The highest BCUT2D eigenvalue weighted by Crippen LogP contribution is 2.21. The standard InChI is InChI=1S/C17H16FN5/c1-11-7-8-12(2)15(9-11)20-16-10-19-23-17(22-16)21-14-6-4-3-5-13(14)18/h3-10H,1-2H3,(H2,20,21,22,23). The number of aryl methyl sites for hydroxylation is 2. The Morgan fingerprint density at radius 2 is 1.78 bits per heavy atom. The van der Waals surface area contributed by atoms with E-state index in [0.717, 1.165) is 16.8 Å². The van der Waals surface area contributed by atoms with Gasteiger partial charge >= 0.3 is 0 Å². The summed E-state index contributed by atoms with van der Waals surface area (Å²) in [5, 5.41) is 13.8. The Kier molecular flexibility index (Phi) is 4.14. The van der Waals surface area contributed by atoms with Crippen molar-refractivity contribution in [2.75, 3.05) is 10.6 Å². The summed E-state index contributed by atoms with van der Waals surface area (Å²) in [6.07, 6.45) is 1.52. The van der Waals surface area contributed by atoms with Crippen molar-refractivity contribution in [2.45, 2.75) is 13.8 Å². The summed E-state index contributed by atoms with van der Waals surface area (Å²) >= 11 is 0. The second kappa shape index (κ2) is 6.39. The van der Waals surface area contributed by atoms with Crippen LogP contribution in [0.5, 0.6) is 0 Å². The topological polar surface area (TPSA) is 62.7 Å². The number of nitrogens with one attached hydrogen (secondary N) is 2. The van der Waals surface area contributed by atoms with Crippen LogP contribution >= 0.6 is 0 Å². The van der Waals surface area contributed by atoms with Crippen LogP contribution in [0.15, 0.2) is 48.7 Å². The van der Waals surface area contributed by atoms with Crippen molar-refractivity contribution >= 4 is 23.1 Å². The molecule has 0 fully saturated rings. The molecule has 0 aliphatic heterocycles. The van der Waals surface area contributed by atoms with Gasteiger partial charge < -0.3 is 10.6 Å². The smallest absolute Gasteiger partial charge is 0.249 e. The van der Waals surface area contributed by atoms with Gasteiger partial charge in [-0.1, -0.05) is 24.3 Å². The van der Waals surface area contributed by atoms with Crippen molar-refractivity contribution in [1.29, 1.82) is 0 Å². The van der Waals surface area contributed by atoms with Gasteiger partial charge in [-0.25, -0.2) is 4.39 Å². The van der Waals surface area contributed by atoms with Crippen LogP contribution in [0.1, 0.15) is 11.1 Å². The molecule has 0 radical (unpaired) electrons. The number of aromatic nitrogens is 3. The molecule has 0 amide bonds. The van der Waals surface area contributed by atoms with Crippen LogP contribution in [0.3, 0.4) is 0 Å². The second-order valence-corrected chi connectivity index (χ2v) is 5.21. The van der Waals surface area contributed by atoms with Crippen molar-refractivity contribution in [3.8, 4) is 0 Å². The molecule has 3 aromatic rings. The molecule has 0 atom stereocenters. The Labute approximate surface area is 133 Å². The molecule has 6 heteroatoms. The van der Waals surface area contributed by atoms with E-state index >= 15 is 0 Å². The number of para-hydroxylation sites is 1. The molecule has 0 bridgehead atoms. The van der Waals surface area contributed by atoms with Crippen LogP contribution < -0.4 is 10.6 Å². The summed E-state index contributed by atoms with van der Waals surface area (Å²) in [4.78, 5) is 4.31. The molecule has 0 saturated carbocycles. The van der Waals surface area contributed by atoms with E-state index in [9.17, 15) is 4.39 Å². The van der Waals surface area contributed by atoms with E-state index in [-0.39, 0.29) is 11.8 Å². The van der Waals surface area contributed by atoms with Crippen molar-refractivity contribution in [3.05, 3.63) is 65.6 Å². The number of hydrogen-bond donors (Lipinski definition) is 2. The van der Waals surface area contributed by atoms with Gasteiger partial charge in [0, 0.05) is 5.69 Å². The van der Waals surface area contributed by atoms with Crippen LogP contribution in [-0.4, -0.2) is 15.2 Å². The average molecular weight is 309 g/mol. The number of nitrogens with zero attached hydrogens (tertiary/aromatic N) is 3. The normalized spacial score (nSPS) is 10.4. The monoisotopic (exact) mass is 309 g/mol. The molecule has 2 aromatic carbocycles. The highest BCUT2D eigenvalue weighted by Gasteiger charge is 2.06. The Hall–Kier alpha value is -3.02. The third-order valence-electron chi connectivity index (χ3n) is 3.33. The number of rotatable bonds is 4. The summed E-state index contributed by atoms with van der Waals surface area (Å²) < 4.78 is 13.7. The fraction of sp³-hybridized carbons (Fsp3) is 0.118. The van der Waals surface area contributed by atoms with Crippen LogP contribution in [-0.2, 0) is 0 Å². The van der Waals surface area contributed by atoms with E-state index in [1.54, 1.807) is 18.2 Å². The highest BCUT2D eigenvalue weighted by molar-refractivity contribution is 5.62. The Morgan fingerprint density at radius 3 is 2.61 bits per heavy atom. The Bertz CT molecular complexity index is 835.